The Bertz CT molecular complexity index is 451. The van der Waals surface area contributed by atoms with Crippen LogP contribution in [-0.2, 0) is 4.79 Å². The van der Waals surface area contributed by atoms with Crippen molar-refractivity contribution < 1.29 is 23.5 Å². The molecule has 2 N–H and O–H groups in total. The Morgan fingerprint density at radius 2 is 1.88 bits per heavy atom. The highest BCUT2D eigenvalue weighted by Crippen LogP contribution is 2.19. The number of amides is 1. The highest BCUT2D eigenvalue weighted by atomic mass is 35.5. The van der Waals surface area contributed by atoms with E-state index < -0.39 is 30.1 Å². The molecular weight excluding hydrogens is 244 g/mol. The Balaban J connectivity index is 2.91. The number of carbonyl (C=O) groups is 2. The van der Waals surface area contributed by atoms with E-state index in [4.69, 9.17) is 16.7 Å². The summed E-state index contributed by atoms with van der Waals surface area (Å²) in [5.74, 6) is -4.55. The van der Waals surface area contributed by atoms with Gasteiger partial charge in [0.25, 0.3) is 5.91 Å². The van der Waals surface area contributed by atoms with Crippen LogP contribution in [-0.4, -0.2) is 23.5 Å². The van der Waals surface area contributed by atoms with Crippen LogP contribution in [0.3, 0.4) is 0 Å². The number of halogens is 3. The zero-order chi connectivity index (χ0) is 12.3. The first-order valence-electron chi connectivity index (χ1n) is 4.06. The van der Waals surface area contributed by atoms with Gasteiger partial charge < -0.3 is 10.4 Å². The number of carbonyl (C=O) groups excluding carboxylic acids is 1. The van der Waals surface area contributed by atoms with Crippen molar-refractivity contribution in [3.63, 3.8) is 0 Å². The number of carboxylic acid groups (broad SMARTS) is 1. The second kappa shape index (κ2) is 4.89. The first-order valence-corrected chi connectivity index (χ1v) is 4.44. The summed E-state index contributed by atoms with van der Waals surface area (Å²) in [6.45, 7) is -0.631. The van der Waals surface area contributed by atoms with Crippen molar-refractivity contribution in [2.75, 3.05) is 6.54 Å². The molecule has 0 radical (unpaired) electrons. The summed E-state index contributed by atoms with van der Waals surface area (Å²) in [6, 6.07) is 1.25. The molecule has 0 unspecified atom stereocenters. The smallest absolute Gasteiger partial charge is 0.322 e. The molecule has 1 aromatic rings. The Morgan fingerprint density at radius 1 is 1.31 bits per heavy atom. The molecule has 0 fully saturated rings. The quantitative estimate of drug-likeness (QED) is 0.797. The Morgan fingerprint density at radius 3 is 2.44 bits per heavy atom. The fourth-order valence-electron chi connectivity index (χ4n) is 0.948. The van der Waals surface area contributed by atoms with Gasteiger partial charge in [-0.3, -0.25) is 9.59 Å². The monoisotopic (exact) mass is 249 g/mol. The standard InChI is InChI=1S/C9H6ClF2NO3/c10-5-2-7(12)6(11)1-4(5)9(16)13-3-8(14)15/h1-2H,3H2,(H,13,16)(H,14,15). The average Bonchev–Trinajstić information content (AvgIpc) is 2.20. The molecule has 1 amide bonds. The fourth-order valence-corrected chi connectivity index (χ4v) is 1.18. The summed E-state index contributed by atoms with van der Waals surface area (Å²) in [5, 5.41) is 9.98. The van der Waals surface area contributed by atoms with Crippen LogP contribution in [0.2, 0.25) is 5.02 Å². The summed E-state index contributed by atoms with van der Waals surface area (Å²) >= 11 is 5.50. The molecule has 16 heavy (non-hydrogen) atoms. The van der Waals surface area contributed by atoms with E-state index in [-0.39, 0.29) is 10.6 Å². The number of rotatable bonds is 3. The zero-order valence-corrected chi connectivity index (χ0v) is 8.52. The third kappa shape index (κ3) is 2.90. The highest BCUT2D eigenvalue weighted by molar-refractivity contribution is 6.33. The van der Waals surface area contributed by atoms with E-state index >= 15 is 0 Å². The summed E-state index contributed by atoms with van der Waals surface area (Å²) in [7, 11) is 0. The van der Waals surface area contributed by atoms with Crippen molar-refractivity contribution in [1.82, 2.24) is 5.32 Å². The zero-order valence-electron chi connectivity index (χ0n) is 7.76. The van der Waals surface area contributed by atoms with Gasteiger partial charge >= 0.3 is 5.97 Å². The van der Waals surface area contributed by atoms with Crippen LogP contribution >= 0.6 is 11.6 Å². The third-order valence-corrected chi connectivity index (χ3v) is 1.97. The molecule has 0 saturated heterocycles. The van der Waals surface area contributed by atoms with E-state index in [1.54, 1.807) is 0 Å². The number of carboxylic acids is 1. The number of hydrogen-bond donors (Lipinski definition) is 2. The minimum Gasteiger partial charge on any atom is -0.480 e. The topological polar surface area (TPSA) is 66.4 Å². The van der Waals surface area contributed by atoms with E-state index in [2.05, 4.69) is 0 Å². The Kier molecular flexibility index (Phi) is 3.78. The molecule has 0 aliphatic rings. The van der Waals surface area contributed by atoms with Gasteiger partial charge in [0, 0.05) is 0 Å². The van der Waals surface area contributed by atoms with Crippen LogP contribution in [0.5, 0.6) is 0 Å². The van der Waals surface area contributed by atoms with Gasteiger partial charge in [-0.25, -0.2) is 8.78 Å². The summed E-state index contributed by atoms with van der Waals surface area (Å²) in [6.07, 6.45) is 0. The molecule has 0 aliphatic carbocycles. The molecule has 0 aromatic heterocycles. The van der Waals surface area contributed by atoms with Gasteiger partial charge in [0.1, 0.15) is 6.54 Å². The second-order valence-corrected chi connectivity index (χ2v) is 3.23. The van der Waals surface area contributed by atoms with E-state index in [1.165, 1.54) is 0 Å². The van der Waals surface area contributed by atoms with Crippen molar-refractivity contribution in [1.29, 1.82) is 0 Å². The molecule has 0 heterocycles. The van der Waals surface area contributed by atoms with Gasteiger partial charge in [-0.15, -0.1) is 0 Å². The molecule has 1 aromatic carbocycles. The van der Waals surface area contributed by atoms with Crippen molar-refractivity contribution in [3.05, 3.63) is 34.4 Å². The van der Waals surface area contributed by atoms with Crippen LogP contribution in [0, 0.1) is 11.6 Å². The predicted molar refractivity (Wildman–Crippen MR) is 51.3 cm³/mol. The van der Waals surface area contributed by atoms with Crippen LogP contribution in [0.15, 0.2) is 12.1 Å². The van der Waals surface area contributed by atoms with Gasteiger partial charge in [0.15, 0.2) is 11.6 Å². The van der Waals surface area contributed by atoms with Crippen LogP contribution < -0.4 is 5.32 Å². The molecule has 0 bridgehead atoms. The molecule has 7 heteroatoms. The molecule has 4 nitrogen and oxygen atoms in total. The number of nitrogens with one attached hydrogen (secondary N) is 1. The maximum Gasteiger partial charge on any atom is 0.322 e. The molecule has 0 atom stereocenters. The Hall–Kier alpha value is -1.69. The van der Waals surface area contributed by atoms with Crippen LogP contribution in [0.4, 0.5) is 8.78 Å². The molecule has 0 aliphatic heterocycles. The maximum absolute atomic E-state index is 12.8. The molecule has 86 valence electrons. The largest absolute Gasteiger partial charge is 0.480 e. The highest BCUT2D eigenvalue weighted by Gasteiger charge is 2.15. The first-order chi connectivity index (χ1) is 7.41. The lowest BCUT2D eigenvalue weighted by Crippen LogP contribution is -2.29. The van der Waals surface area contributed by atoms with Crippen molar-refractivity contribution in [2.45, 2.75) is 0 Å². The van der Waals surface area contributed by atoms with Gasteiger partial charge in [-0.1, -0.05) is 11.6 Å². The lowest BCUT2D eigenvalue weighted by atomic mass is 10.2. The van der Waals surface area contributed by atoms with Crippen LogP contribution in [0.1, 0.15) is 10.4 Å². The first kappa shape index (κ1) is 12.4. The van der Waals surface area contributed by atoms with Gasteiger partial charge in [-0.2, -0.15) is 0 Å². The lowest BCUT2D eigenvalue weighted by Gasteiger charge is -2.05. The van der Waals surface area contributed by atoms with Crippen molar-refractivity contribution >= 4 is 23.5 Å². The third-order valence-electron chi connectivity index (χ3n) is 1.65. The van der Waals surface area contributed by atoms with E-state index in [0.29, 0.717) is 12.1 Å². The molecule has 0 spiro atoms. The average molecular weight is 250 g/mol. The van der Waals surface area contributed by atoms with Gasteiger partial charge in [0.05, 0.1) is 10.6 Å². The SMILES string of the molecule is O=C(O)CNC(=O)c1cc(F)c(F)cc1Cl. The Labute approximate surface area is 93.8 Å². The lowest BCUT2D eigenvalue weighted by molar-refractivity contribution is -0.135. The number of benzene rings is 1. The predicted octanol–water partition coefficient (Wildman–Crippen LogP) is 1.43. The number of aliphatic carboxylic acids is 1. The van der Waals surface area contributed by atoms with E-state index in [0.717, 1.165) is 0 Å². The maximum atomic E-state index is 12.8. The van der Waals surface area contributed by atoms with Gasteiger partial charge in [-0.05, 0) is 12.1 Å². The second-order valence-electron chi connectivity index (χ2n) is 2.82. The summed E-state index contributed by atoms with van der Waals surface area (Å²) in [4.78, 5) is 21.4. The van der Waals surface area contributed by atoms with Crippen LogP contribution in [0.25, 0.3) is 0 Å². The van der Waals surface area contributed by atoms with Crippen molar-refractivity contribution in [3.8, 4) is 0 Å². The normalized spacial score (nSPS) is 9.94. The number of hydrogen-bond acceptors (Lipinski definition) is 2. The fraction of sp³-hybridized carbons (Fsp3) is 0.111. The van der Waals surface area contributed by atoms with E-state index in [9.17, 15) is 18.4 Å². The van der Waals surface area contributed by atoms with Gasteiger partial charge in [0.2, 0.25) is 0 Å². The summed E-state index contributed by atoms with van der Waals surface area (Å²) < 4.78 is 25.4. The summed E-state index contributed by atoms with van der Waals surface area (Å²) in [5.41, 5.74) is -0.318. The molecule has 0 saturated carbocycles. The minimum atomic E-state index is -1.26. The molecular formula is C9H6ClF2NO3. The van der Waals surface area contributed by atoms with E-state index in [1.807, 2.05) is 5.32 Å². The van der Waals surface area contributed by atoms with Crippen molar-refractivity contribution in [2.24, 2.45) is 0 Å². The molecule has 1 rings (SSSR count). The minimum absolute atomic E-state index is 0.290.